The minimum atomic E-state index is -1.75. The monoisotopic (exact) mass is 290 g/mol. The highest BCUT2D eigenvalue weighted by Crippen LogP contribution is 2.46. The van der Waals surface area contributed by atoms with Gasteiger partial charge in [-0.15, -0.1) is 0 Å². The van der Waals surface area contributed by atoms with Crippen LogP contribution >= 0.6 is 0 Å². The minimum absolute atomic E-state index is 0.0339. The Bertz CT molecular complexity index is 396. The molecule has 4 atom stereocenters. The molecule has 0 amide bonds. The van der Waals surface area contributed by atoms with Crippen molar-refractivity contribution < 1.29 is 34.3 Å². The molecule has 0 unspecified atom stereocenters. The van der Waals surface area contributed by atoms with Gasteiger partial charge in [-0.05, 0) is 27.7 Å². The van der Waals surface area contributed by atoms with Gasteiger partial charge in [-0.3, -0.25) is 0 Å². The van der Waals surface area contributed by atoms with Crippen LogP contribution in [0.3, 0.4) is 0 Å². The molecule has 2 rings (SSSR count). The number of carboxylic acid groups (broad SMARTS) is 1. The number of ether oxygens (including phenoxy) is 3. The molecule has 2 fully saturated rings. The van der Waals surface area contributed by atoms with E-state index >= 15 is 0 Å². The third-order valence-corrected chi connectivity index (χ3v) is 3.70. The van der Waals surface area contributed by atoms with E-state index in [2.05, 4.69) is 0 Å². The maximum Gasteiger partial charge on any atom is 0.338 e. The maximum absolute atomic E-state index is 11.5. The summed E-state index contributed by atoms with van der Waals surface area (Å²) in [6, 6.07) is 0. The Kier molecular flexibility index (Phi) is 3.63. The van der Waals surface area contributed by atoms with Gasteiger partial charge < -0.3 is 29.5 Å². The highest BCUT2D eigenvalue weighted by Gasteiger charge is 2.64. The zero-order valence-corrected chi connectivity index (χ0v) is 12.1. The number of carboxylic acids is 1. The first-order valence-corrected chi connectivity index (χ1v) is 6.61. The molecule has 2 aliphatic heterocycles. The van der Waals surface area contributed by atoms with Crippen molar-refractivity contribution in [2.24, 2.45) is 0 Å². The van der Waals surface area contributed by atoms with E-state index < -0.39 is 41.3 Å². The van der Waals surface area contributed by atoms with Crippen molar-refractivity contribution in [3.8, 4) is 0 Å². The molecule has 3 N–H and O–H groups in total. The molecule has 2 heterocycles. The quantitative estimate of drug-likeness (QED) is 0.665. The predicted octanol–water partition coefficient (Wildman–Crippen LogP) is -0.118. The maximum atomic E-state index is 11.5. The van der Waals surface area contributed by atoms with Crippen LogP contribution in [0.15, 0.2) is 0 Å². The van der Waals surface area contributed by atoms with Gasteiger partial charge in [0.15, 0.2) is 11.4 Å². The zero-order chi connectivity index (χ0) is 15.3. The lowest BCUT2D eigenvalue weighted by molar-refractivity contribution is -0.354. The van der Waals surface area contributed by atoms with E-state index in [4.69, 9.17) is 14.2 Å². The standard InChI is InChI=1S/C13H22O7/c1-11(2)6-13(20-11,10(16)17)9(15)8-7(14)5-18-12(3,4)19-8/h7-9,14-15H,5-6H2,1-4H3,(H,16,17)/t7-,8+,9+,13+/m0/s1. The van der Waals surface area contributed by atoms with Crippen molar-refractivity contribution in [1.29, 1.82) is 0 Å². The Morgan fingerprint density at radius 1 is 1.30 bits per heavy atom. The van der Waals surface area contributed by atoms with Crippen molar-refractivity contribution in [1.82, 2.24) is 0 Å². The molecule has 0 spiro atoms. The zero-order valence-electron chi connectivity index (χ0n) is 12.1. The molecular formula is C13H22O7. The van der Waals surface area contributed by atoms with Gasteiger partial charge in [0.1, 0.15) is 18.3 Å². The summed E-state index contributed by atoms with van der Waals surface area (Å²) < 4.78 is 16.2. The summed E-state index contributed by atoms with van der Waals surface area (Å²) in [5.41, 5.74) is -2.37. The fourth-order valence-corrected chi connectivity index (χ4v) is 2.89. The Hall–Kier alpha value is -0.730. The van der Waals surface area contributed by atoms with Crippen molar-refractivity contribution >= 4 is 5.97 Å². The molecule has 7 heteroatoms. The number of aliphatic hydroxyl groups excluding tert-OH is 2. The third kappa shape index (κ3) is 2.56. The predicted molar refractivity (Wildman–Crippen MR) is 67.1 cm³/mol. The van der Waals surface area contributed by atoms with Crippen molar-refractivity contribution in [2.75, 3.05) is 6.61 Å². The molecule has 0 aromatic heterocycles. The second-order valence-electron chi connectivity index (χ2n) is 6.54. The van der Waals surface area contributed by atoms with Crippen LogP contribution in [0.4, 0.5) is 0 Å². The lowest BCUT2D eigenvalue weighted by Crippen LogP contribution is -2.72. The average Bonchev–Trinajstić information content (AvgIpc) is 2.27. The number of carbonyl (C=O) groups is 1. The van der Waals surface area contributed by atoms with E-state index in [1.807, 2.05) is 0 Å². The molecule has 2 aliphatic rings. The van der Waals surface area contributed by atoms with Crippen LogP contribution < -0.4 is 0 Å². The molecule has 116 valence electrons. The lowest BCUT2D eigenvalue weighted by Gasteiger charge is -2.55. The molecule has 0 saturated carbocycles. The van der Waals surface area contributed by atoms with Gasteiger partial charge in [-0.2, -0.15) is 0 Å². The van der Waals surface area contributed by atoms with Crippen LogP contribution in [0.2, 0.25) is 0 Å². The summed E-state index contributed by atoms with van der Waals surface area (Å²) in [4.78, 5) is 11.5. The molecule has 20 heavy (non-hydrogen) atoms. The normalized spacial score (nSPS) is 40.7. The van der Waals surface area contributed by atoms with Gasteiger partial charge >= 0.3 is 5.97 Å². The smallest absolute Gasteiger partial charge is 0.338 e. The lowest BCUT2D eigenvalue weighted by atomic mass is 9.75. The van der Waals surface area contributed by atoms with Gasteiger partial charge in [0.2, 0.25) is 0 Å². The first kappa shape index (κ1) is 15.7. The highest BCUT2D eigenvalue weighted by molar-refractivity contribution is 5.80. The number of hydrogen-bond acceptors (Lipinski definition) is 6. The van der Waals surface area contributed by atoms with Gasteiger partial charge in [0.25, 0.3) is 0 Å². The molecular weight excluding hydrogens is 268 g/mol. The molecule has 2 saturated heterocycles. The topological polar surface area (TPSA) is 105 Å². The third-order valence-electron chi connectivity index (χ3n) is 3.70. The van der Waals surface area contributed by atoms with Crippen LogP contribution in [0.25, 0.3) is 0 Å². The number of hydrogen-bond donors (Lipinski definition) is 3. The van der Waals surface area contributed by atoms with E-state index in [1.165, 1.54) is 0 Å². The van der Waals surface area contributed by atoms with Crippen molar-refractivity contribution in [3.05, 3.63) is 0 Å². The van der Waals surface area contributed by atoms with Crippen LogP contribution in [0.5, 0.6) is 0 Å². The van der Waals surface area contributed by atoms with Crippen LogP contribution in [-0.2, 0) is 19.0 Å². The van der Waals surface area contributed by atoms with Gasteiger partial charge in [0, 0.05) is 6.42 Å². The van der Waals surface area contributed by atoms with Crippen molar-refractivity contribution in [2.45, 2.75) is 69.4 Å². The summed E-state index contributed by atoms with van der Waals surface area (Å²) in [5, 5.41) is 29.7. The van der Waals surface area contributed by atoms with E-state index in [0.717, 1.165) is 0 Å². The average molecular weight is 290 g/mol. The molecule has 7 nitrogen and oxygen atoms in total. The van der Waals surface area contributed by atoms with E-state index in [1.54, 1.807) is 27.7 Å². The van der Waals surface area contributed by atoms with Crippen LogP contribution in [0.1, 0.15) is 34.1 Å². The molecule has 0 bridgehead atoms. The summed E-state index contributed by atoms with van der Waals surface area (Å²) in [6.45, 7) is 6.72. The van der Waals surface area contributed by atoms with E-state index in [9.17, 15) is 20.1 Å². The number of rotatable bonds is 3. The van der Waals surface area contributed by atoms with Crippen LogP contribution in [-0.4, -0.2) is 63.2 Å². The number of aliphatic hydroxyl groups is 2. The van der Waals surface area contributed by atoms with E-state index in [-0.39, 0.29) is 13.0 Å². The van der Waals surface area contributed by atoms with Gasteiger partial charge in [-0.25, -0.2) is 4.79 Å². The summed E-state index contributed by atoms with van der Waals surface area (Å²) in [6.07, 6.45) is -3.52. The van der Waals surface area contributed by atoms with Gasteiger partial charge in [-0.1, -0.05) is 0 Å². The molecule has 0 radical (unpaired) electrons. The van der Waals surface area contributed by atoms with E-state index in [0.29, 0.717) is 0 Å². The van der Waals surface area contributed by atoms with Gasteiger partial charge in [0.05, 0.1) is 12.2 Å². The Morgan fingerprint density at radius 2 is 1.85 bits per heavy atom. The first-order valence-electron chi connectivity index (χ1n) is 6.61. The fourth-order valence-electron chi connectivity index (χ4n) is 2.89. The molecule has 0 aromatic rings. The summed E-state index contributed by atoms with van der Waals surface area (Å²) >= 11 is 0. The first-order chi connectivity index (χ1) is 8.99. The largest absolute Gasteiger partial charge is 0.479 e. The second kappa shape index (κ2) is 4.64. The Morgan fingerprint density at radius 3 is 2.30 bits per heavy atom. The SMILES string of the molecule is CC1(C)C[C@](C(=O)O)([C@H](O)[C@@H]2OC(C)(C)OC[C@@H]2O)O1. The van der Waals surface area contributed by atoms with Crippen LogP contribution in [0, 0.1) is 0 Å². The Balaban J connectivity index is 2.20. The molecule has 0 aromatic carbocycles. The summed E-state index contributed by atoms with van der Waals surface area (Å²) in [5.74, 6) is -2.26. The Labute approximate surface area is 117 Å². The fraction of sp³-hybridized carbons (Fsp3) is 0.923. The second-order valence-corrected chi connectivity index (χ2v) is 6.54. The highest BCUT2D eigenvalue weighted by atomic mass is 16.7. The summed E-state index contributed by atoms with van der Waals surface area (Å²) in [7, 11) is 0. The minimum Gasteiger partial charge on any atom is -0.479 e. The number of aliphatic carboxylic acids is 1. The molecule has 0 aliphatic carbocycles. The van der Waals surface area contributed by atoms with Crippen molar-refractivity contribution in [3.63, 3.8) is 0 Å².